The summed E-state index contributed by atoms with van der Waals surface area (Å²) < 4.78 is 5.82. The highest BCUT2D eigenvalue weighted by atomic mass is 16.5. The number of fused-ring (bicyclic) bond motifs is 1. The number of piperidine rings is 1. The van der Waals surface area contributed by atoms with E-state index in [1.165, 1.54) is 6.33 Å². The molecule has 0 amide bonds. The number of rotatable bonds is 3. The third-order valence-electron chi connectivity index (χ3n) is 2.95. The van der Waals surface area contributed by atoms with Crippen LogP contribution in [0.4, 0.5) is 0 Å². The van der Waals surface area contributed by atoms with Gasteiger partial charge in [0.15, 0.2) is 5.65 Å². The summed E-state index contributed by atoms with van der Waals surface area (Å²) in [4.78, 5) is 15.5. The average molecular weight is 233 g/mol. The van der Waals surface area contributed by atoms with Crippen LogP contribution in [-0.4, -0.2) is 39.1 Å². The van der Waals surface area contributed by atoms with Crippen LogP contribution >= 0.6 is 0 Å². The van der Waals surface area contributed by atoms with Crippen LogP contribution in [0.15, 0.2) is 12.5 Å². The quantitative estimate of drug-likeness (QED) is 0.813. The standard InChI is InChI=1S/C11H15N5O/c1-3-12-4-2-8(1)17-6-10-15-9-5-13-7-14-11(9)16-10/h5,7-8,12H,1-4,6H2,(H,13,14,15,16). The summed E-state index contributed by atoms with van der Waals surface area (Å²) in [6.07, 6.45) is 5.71. The molecule has 1 saturated heterocycles. The molecule has 1 aliphatic heterocycles. The highest BCUT2D eigenvalue weighted by Gasteiger charge is 2.14. The number of hydrogen-bond acceptors (Lipinski definition) is 5. The Morgan fingerprint density at radius 1 is 1.35 bits per heavy atom. The van der Waals surface area contributed by atoms with Crippen molar-refractivity contribution in [1.29, 1.82) is 0 Å². The van der Waals surface area contributed by atoms with Gasteiger partial charge in [-0.1, -0.05) is 0 Å². The van der Waals surface area contributed by atoms with Gasteiger partial charge in [-0.15, -0.1) is 0 Å². The molecule has 0 unspecified atom stereocenters. The maximum Gasteiger partial charge on any atom is 0.180 e. The van der Waals surface area contributed by atoms with E-state index in [1.54, 1.807) is 6.20 Å². The second-order valence-electron chi connectivity index (χ2n) is 4.20. The lowest BCUT2D eigenvalue weighted by atomic mass is 10.1. The van der Waals surface area contributed by atoms with E-state index in [1.807, 2.05) is 0 Å². The molecule has 90 valence electrons. The summed E-state index contributed by atoms with van der Waals surface area (Å²) in [6, 6.07) is 0. The molecule has 0 atom stereocenters. The predicted molar refractivity (Wildman–Crippen MR) is 62.4 cm³/mol. The molecular weight excluding hydrogens is 218 g/mol. The largest absolute Gasteiger partial charge is 0.370 e. The molecule has 0 spiro atoms. The third kappa shape index (κ3) is 2.42. The zero-order valence-electron chi connectivity index (χ0n) is 9.52. The molecule has 3 rings (SSSR count). The summed E-state index contributed by atoms with van der Waals surface area (Å²) in [5, 5.41) is 3.31. The first kappa shape index (κ1) is 10.6. The van der Waals surface area contributed by atoms with Gasteiger partial charge in [0, 0.05) is 0 Å². The van der Waals surface area contributed by atoms with Gasteiger partial charge in [-0.3, -0.25) is 0 Å². The van der Waals surface area contributed by atoms with E-state index in [-0.39, 0.29) is 0 Å². The van der Waals surface area contributed by atoms with Gasteiger partial charge in [-0.25, -0.2) is 15.0 Å². The van der Waals surface area contributed by atoms with Gasteiger partial charge in [-0.2, -0.15) is 0 Å². The maximum atomic E-state index is 5.82. The summed E-state index contributed by atoms with van der Waals surface area (Å²) in [5.41, 5.74) is 1.56. The van der Waals surface area contributed by atoms with Crippen LogP contribution < -0.4 is 5.32 Å². The molecule has 1 fully saturated rings. The van der Waals surface area contributed by atoms with E-state index in [2.05, 4.69) is 25.3 Å². The number of aromatic nitrogens is 4. The van der Waals surface area contributed by atoms with Crippen molar-refractivity contribution in [2.24, 2.45) is 0 Å². The molecule has 3 heterocycles. The number of hydrogen-bond donors (Lipinski definition) is 2. The van der Waals surface area contributed by atoms with Crippen LogP contribution in [0.2, 0.25) is 0 Å². The van der Waals surface area contributed by atoms with E-state index >= 15 is 0 Å². The van der Waals surface area contributed by atoms with Gasteiger partial charge in [0.25, 0.3) is 0 Å². The number of ether oxygens (including phenoxy) is 1. The number of aromatic amines is 1. The van der Waals surface area contributed by atoms with E-state index < -0.39 is 0 Å². The molecule has 17 heavy (non-hydrogen) atoms. The molecule has 6 nitrogen and oxygen atoms in total. The minimum atomic E-state index is 0.343. The Balaban J connectivity index is 1.64. The highest BCUT2D eigenvalue weighted by molar-refractivity contribution is 5.68. The number of imidazole rings is 1. The van der Waals surface area contributed by atoms with Crippen LogP contribution in [0.5, 0.6) is 0 Å². The lowest BCUT2D eigenvalue weighted by Gasteiger charge is -2.22. The fourth-order valence-electron chi connectivity index (χ4n) is 2.04. The number of H-pyrrole nitrogens is 1. The van der Waals surface area contributed by atoms with E-state index in [9.17, 15) is 0 Å². The maximum absolute atomic E-state index is 5.82. The number of nitrogens with one attached hydrogen (secondary N) is 2. The summed E-state index contributed by atoms with van der Waals surface area (Å²) in [7, 11) is 0. The van der Waals surface area contributed by atoms with Crippen molar-refractivity contribution in [3.63, 3.8) is 0 Å². The fraction of sp³-hybridized carbons (Fsp3) is 0.545. The molecule has 6 heteroatoms. The molecule has 0 aromatic carbocycles. The van der Waals surface area contributed by atoms with Crippen molar-refractivity contribution in [3.8, 4) is 0 Å². The second kappa shape index (κ2) is 4.77. The lowest BCUT2D eigenvalue weighted by molar-refractivity contribution is 0.0182. The van der Waals surface area contributed by atoms with Gasteiger partial charge in [0.05, 0.1) is 12.3 Å². The molecule has 0 radical (unpaired) electrons. The smallest absolute Gasteiger partial charge is 0.180 e. The molecule has 0 bridgehead atoms. The van der Waals surface area contributed by atoms with Gasteiger partial charge in [0.2, 0.25) is 0 Å². The molecule has 1 aliphatic rings. The van der Waals surface area contributed by atoms with Crippen molar-refractivity contribution in [2.45, 2.75) is 25.6 Å². The Morgan fingerprint density at radius 2 is 2.24 bits per heavy atom. The van der Waals surface area contributed by atoms with Crippen molar-refractivity contribution < 1.29 is 4.74 Å². The minimum absolute atomic E-state index is 0.343. The van der Waals surface area contributed by atoms with Gasteiger partial charge >= 0.3 is 0 Å². The Labute approximate surface area is 98.8 Å². The van der Waals surface area contributed by atoms with Crippen molar-refractivity contribution >= 4 is 11.2 Å². The van der Waals surface area contributed by atoms with Crippen molar-refractivity contribution in [1.82, 2.24) is 25.3 Å². The number of nitrogens with zero attached hydrogens (tertiary/aromatic N) is 3. The fourth-order valence-corrected chi connectivity index (χ4v) is 2.04. The lowest BCUT2D eigenvalue weighted by Crippen LogP contribution is -2.32. The van der Waals surface area contributed by atoms with E-state index in [0.29, 0.717) is 18.4 Å². The van der Waals surface area contributed by atoms with Crippen LogP contribution in [0.1, 0.15) is 18.7 Å². The molecule has 2 aromatic rings. The van der Waals surface area contributed by atoms with Crippen LogP contribution in [0.3, 0.4) is 0 Å². The van der Waals surface area contributed by atoms with E-state index in [4.69, 9.17) is 4.74 Å². The van der Waals surface area contributed by atoms with Crippen LogP contribution in [-0.2, 0) is 11.3 Å². The molecule has 0 aliphatic carbocycles. The molecular formula is C11H15N5O. The Bertz CT molecular complexity index is 458. The first-order chi connectivity index (χ1) is 8.42. The first-order valence-corrected chi connectivity index (χ1v) is 5.89. The predicted octanol–water partition coefficient (Wildman–Crippen LogP) is 0.621. The molecule has 2 N–H and O–H groups in total. The first-order valence-electron chi connectivity index (χ1n) is 5.89. The monoisotopic (exact) mass is 233 g/mol. The zero-order chi connectivity index (χ0) is 11.5. The third-order valence-corrected chi connectivity index (χ3v) is 2.95. The van der Waals surface area contributed by atoms with Gasteiger partial charge in [-0.05, 0) is 25.9 Å². The van der Waals surface area contributed by atoms with Crippen molar-refractivity contribution in [2.75, 3.05) is 13.1 Å². The zero-order valence-corrected chi connectivity index (χ0v) is 9.52. The SMILES string of the molecule is c1ncc2[nH]c(COC3CCNCC3)nc2n1. The normalized spacial score (nSPS) is 17.6. The second-order valence-corrected chi connectivity index (χ2v) is 4.20. The summed E-state index contributed by atoms with van der Waals surface area (Å²) >= 11 is 0. The van der Waals surface area contributed by atoms with Crippen LogP contribution in [0, 0.1) is 0 Å². The topological polar surface area (TPSA) is 75.7 Å². The van der Waals surface area contributed by atoms with Gasteiger partial charge < -0.3 is 15.0 Å². The molecule has 2 aromatic heterocycles. The Hall–Kier alpha value is -1.53. The van der Waals surface area contributed by atoms with E-state index in [0.717, 1.165) is 37.3 Å². The Kier molecular flexibility index (Phi) is 2.98. The average Bonchev–Trinajstić information content (AvgIpc) is 2.80. The van der Waals surface area contributed by atoms with Crippen LogP contribution in [0.25, 0.3) is 11.2 Å². The Morgan fingerprint density at radius 3 is 3.06 bits per heavy atom. The van der Waals surface area contributed by atoms with Crippen molar-refractivity contribution in [3.05, 3.63) is 18.3 Å². The minimum Gasteiger partial charge on any atom is -0.370 e. The highest BCUT2D eigenvalue weighted by Crippen LogP contribution is 2.11. The summed E-state index contributed by atoms with van der Waals surface area (Å²) in [5.74, 6) is 0.819. The summed E-state index contributed by atoms with van der Waals surface area (Å²) in [6.45, 7) is 2.59. The molecule has 0 saturated carbocycles. The van der Waals surface area contributed by atoms with Gasteiger partial charge in [0.1, 0.15) is 24.3 Å².